The van der Waals surface area contributed by atoms with E-state index in [1.165, 1.54) is 0 Å². The van der Waals surface area contributed by atoms with E-state index < -0.39 is 28.1 Å². The number of carbonyl (C=O) groups excluding carboxylic acids is 2. The maximum atomic E-state index is 13.4. The molecule has 0 radical (unpaired) electrons. The van der Waals surface area contributed by atoms with E-state index in [9.17, 15) is 26.4 Å². The highest BCUT2D eigenvalue weighted by molar-refractivity contribution is 7.90. The Morgan fingerprint density at radius 3 is 1.60 bits per heavy atom. The van der Waals surface area contributed by atoms with Gasteiger partial charge in [-0.05, 0) is 121 Å². The summed E-state index contributed by atoms with van der Waals surface area (Å²) >= 11 is 3.11. The van der Waals surface area contributed by atoms with Gasteiger partial charge in [0, 0.05) is 113 Å². The van der Waals surface area contributed by atoms with Crippen molar-refractivity contribution >= 4 is 63.0 Å². The molecule has 0 spiro atoms. The Morgan fingerprint density at radius 2 is 1.16 bits per heavy atom. The Morgan fingerprint density at radius 1 is 0.671 bits per heavy atom. The smallest absolute Gasteiger partial charge is 0.407 e. The molecule has 0 saturated heterocycles. The molecule has 19 nitrogen and oxygen atoms in total. The van der Waals surface area contributed by atoms with E-state index >= 15 is 0 Å². The molecule has 0 bridgehead atoms. The van der Waals surface area contributed by atoms with Crippen molar-refractivity contribution in [1.82, 2.24) is 49.6 Å². The topological polar surface area (TPSA) is 251 Å². The minimum atomic E-state index is -3.72. The molecule has 448 valence electrons. The molecule has 2 saturated carbocycles. The summed E-state index contributed by atoms with van der Waals surface area (Å²) in [4.78, 5) is 47.4. The van der Waals surface area contributed by atoms with Crippen LogP contribution in [-0.2, 0) is 66.7 Å². The van der Waals surface area contributed by atoms with Gasteiger partial charge in [-0.25, -0.2) is 55.8 Å². The van der Waals surface area contributed by atoms with Crippen molar-refractivity contribution in [3.8, 4) is 20.9 Å². The Hall–Kier alpha value is -5.34. The molecule has 2 aromatic carbocycles. The van der Waals surface area contributed by atoms with Crippen LogP contribution in [0.5, 0.6) is 0 Å². The first-order chi connectivity index (χ1) is 39.1. The van der Waals surface area contributed by atoms with E-state index in [1.54, 1.807) is 79.6 Å². The number of thiazole rings is 2. The number of rotatable bonds is 25. The summed E-state index contributed by atoms with van der Waals surface area (Å²) in [6, 6.07) is 12.7. The third-order valence-electron chi connectivity index (χ3n) is 14.3. The molecule has 4 aromatic heterocycles. The molecule has 2 aliphatic carbocycles. The second-order valence-electron chi connectivity index (χ2n) is 22.8. The van der Waals surface area contributed by atoms with E-state index in [0.29, 0.717) is 62.5 Å². The van der Waals surface area contributed by atoms with Crippen LogP contribution in [0.15, 0.2) is 83.4 Å². The van der Waals surface area contributed by atoms with Crippen LogP contribution in [0.25, 0.3) is 20.9 Å². The predicted molar refractivity (Wildman–Crippen MR) is 326 cm³/mol. The summed E-state index contributed by atoms with van der Waals surface area (Å²) in [5.74, 6) is 2.35. The van der Waals surface area contributed by atoms with E-state index in [-0.39, 0.29) is 52.2 Å². The number of nitrogens with zero attached hydrogens (tertiary/aromatic N) is 5. The van der Waals surface area contributed by atoms with Crippen molar-refractivity contribution in [3.63, 3.8) is 0 Å². The second kappa shape index (κ2) is 30.0. The van der Waals surface area contributed by atoms with Crippen LogP contribution in [0.1, 0.15) is 138 Å². The lowest BCUT2D eigenvalue weighted by Crippen LogP contribution is -2.38. The van der Waals surface area contributed by atoms with Crippen molar-refractivity contribution in [2.45, 2.75) is 197 Å². The number of aromatic amines is 1. The summed E-state index contributed by atoms with van der Waals surface area (Å²) in [6.45, 7) is 19.7. The molecular weight excluding hydrogens is 1140 g/mol. The number of carbonyl (C=O) groups is 2. The number of aryl methyl sites for hydroxylation is 4. The summed E-state index contributed by atoms with van der Waals surface area (Å²) < 4.78 is 76.7. The van der Waals surface area contributed by atoms with Crippen LogP contribution < -0.4 is 20.1 Å². The van der Waals surface area contributed by atoms with Gasteiger partial charge in [0.1, 0.15) is 18.4 Å². The van der Waals surface area contributed by atoms with E-state index in [0.717, 1.165) is 107 Å². The first kappa shape index (κ1) is 64.2. The molecule has 82 heavy (non-hydrogen) atoms. The lowest BCUT2D eigenvalue weighted by atomic mass is 9.86. The summed E-state index contributed by atoms with van der Waals surface area (Å²) in [6.07, 6.45) is 19.5. The number of sulfonamides is 2. The number of hydrogen-bond donors (Lipinski definition) is 5. The van der Waals surface area contributed by atoms with Crippen LogP contribution in [0, 0.1) is 0 Å². The molecule has 0 aliphatic heterocycles. The number of aromatic nitrogens is 6. The van der Waals surface area contributed by atoms with Crippen molar-refractivity contribution in [1.29, 1.82) is 0 Å². The zero-order valence-electron chi connectivity index (χ0n) is 49.0. The number of imidazole rings is 2. The van der Waals surface area contributed by atoms with Gasteiger partial charge in [-0.3, -0.25) is 0 Å². The summed E-state index contributed by atoms with van der Waals surface area (Å²) in [7, 11) is -8.55. The van der Waals surface area contributed by atoms with Crippen LogP contribution in [0.3, 0.4) is 0 Å². The molecule has 5 N–H and O–H groups in total. The Balaban J connectivity index is 0.000000240. The SMILES string of the molecule is CCNS(=O)(=O)c1cc(CCc2ncc[nH]2)ccc1-c1cnc(C2CCC(NC(=O)OC(C)C)CC2)s1.CCNS(=O)(=O)c1cc(CCc2nccn2COCC[Si](C)(C)C)ccc1-c1cnc(C2CCC(NC(=O)OC(C)C)CC2)s1. The molecule has 24 heteroatoms. The van der Waals surface area contributed by atoms with Gasteiger partial charge in [0.2, 0.25) is 20.0 Å². The normalized spacial score (nSPS) is 17.8. The van der Waals surface area contributed by atoms with Gasteiger partial charge in [-0.15, -0.1) is 22.7 Å². The highest BCUT2D eigenvalue weighted by atomic mass is 32.2. The third kappa shape index (κ3) is 19.1. The van der Waals surface area contributed by atoms with Gasteiger partial charge in [-0.1, -0.05) is 57.8 Å². The van der Waals surface area contributed by atoms with E-state index in [2.05, 4.69) is 59.7 Å². The summed E-state index contributed by atoms with van der Waals surface area (Å²) in [5.41, 5.74) is 3.19. The average Bonchev–Trinajstić information content (AvgIpc) is 4.00. The summed E-state index contributed by atoms with van der Waals surface area (Å²) in [5, 5.41) is 7.94. The fourth-order valence-electron chi connectivity index (χ4n) is 10.0. The van der Waals surface area contributed by atoms with Gasteiger partial charge in [-0.2, -0.15) is 0 Å². The molecule has 8 rings (SSSR count). The molecule has 2 aliphatic rings. The molecule has 2 amide bonds. The lowest BCUT2D eigenvalue weighted by Gasteiger charge is -2.28. The van der Waals surface area contributed by atoms with Crippen molar-refractivity contribution < 1.29 is 40.6 Å². The van der Waals surface area contributed by atoms with Gasteiger partial charge < -0.3 is 34.4 Å². The standard InChI is InChI=1S/C32H49N5O5S2Si.C26H35N5O4S2/c1-7-35-44(39,40)29-20-24(9-15-30-33-16-17-37(30)22-41-18-19-45(4,5)6)8-14-27(29)28-21-34-31(43-28)25-10-12-26(13-11-25)36-32(38)42-23(2)3;1-4-30-37(33,34)23-15-18(6-12-24-27-13-14-28-24)5-11-21(23)22-16-29-25(36-22)19-7-9-20(10-8-19)31-26(32)35-17(2)3/h8,14,16-17,20-21,23,25-26,35H,7,9-13,15,18-19,22H2,1-6H3,(H,36,38);5,11,13-17,19-20,30H,4,6-10,12H2,1-3H3,(H,27,28)(H,31,32). The third-order valence-corrected chi connectivity index (χ3v) is 21.5. The highest BCUT2D eigenvalue weighted by Gasteiger charge is 2.30. The maximum absolute atomic E-state index is 13.4. The van der Waals surface area contributed by atoms with Gasteiger partial charge in [0.05, 0.1) is 41.8 Å². The van der Waals surface area contributed by atoms with E-state index in [1.807, 2.05) is 62.7 Å². The van der Waals surface area contributed by atoms with Crippen molar-refractivity contribution in [2.75, 3.05) is 19.7 Å². The minimum Gasteiger partial charge on any atom is -0.447 e. The maximum Gasteiger partial charge on any atom is 0.407 e. The van der Waals surface area contributed by atoms with Crippen molar-refractivity contribution in [3.05, 3.63) is 106 Å². The van der Waals surface area contributed by atoms with Crippen LogP contribution in [0.4, 0.5) is 9.59 Å². The van der Waals surface area contributed by atoms with Crippen LogP contribution >= 0.6 is 22.7 Å². The molecule has 6 aromatic rings. The Bertz CT molecular complexity index is 3210. The number of benzene rings is 2. The number of amides is 2. The fraction of sp³-hybridized carbons (Fsp3) is 0.552. The first-order valence-corrected chi connectivity index (χ1v) is 37.1. The largest absolute Gasteiger partial charge is 0.447 e. The number of ether oxygens (including phenoxy) is 3. The first-order valence-electron chi connectivity index (χ1n) is 28.8. The monoisotopic (exact) mass is 1220 g/mol. The fourth-order valence-corrected chi connectivity index (χ4v) is 15.8. The zero-order chi connectivity index (χ0) is 59.0. The minimum absolute atomic E-state index is 0.0943. The van der Waals surface area contributed by atoms with E-state index in [4.69, 9.17) is 19.2 Å². The molecular formula is C58H84N10O9S4Si. The Labute approximate surface area is 494 Å². The molecule has 2 fully saturated rings. The quantitative estimate of drug-likeness (QED) is 0.0265. The van der Waals surface area contributed by atoms with Crippen LogP contribution in [-0.4, -0.2) is 111 Å². The van der Waals surface area contributed by atoms with Gasteiger partial charge >= 0.3 is 12.2 Å². The lowest BCUT2D eigenvalue weighted by molar-refractivity contribution is 0.0851. The average molecular weight is 1220 g/mol. The molecule has 4 heterocycles. The number of alkyl carbamates (subject to hydrolysis) is 2. The second-order valence-corrected chi connectivity index (χ2v) is 34.0. The van der Waals surface area contributed by atoms with Crippen molar-refractivity contribution in [2.24, 2.45) is 0 Å². The van der Waals surface area contributed by atoms with Gasteiger partial charge in [0.15, 0.2) is 0 Å². The van der Waals surface area contributed by atoms with Gasteiger partial charge in [0.25, 0.3) is 0 Å². The Kier molecular flexibility index (Phi) is 23.5. The predicted octanol–water partition coefficient (Wildman–Crippen LogP) is 11.3. The molecule has 0 atom stereocenters. The number of hydrogen-bond acceptors (Lipinski definition) is 15. The molecule has 0 unspecified atom stereocenters. The van der Waals surface area contributed by atoms with Crippen LogP contribution in [0.2, 0.25) is 25.7 Å². The number of H-pyrrole nitrogens is 1. The number of nitrogens with one attached hydrogen (secondary N) is 5. The zero-order valence-corrected chi connectivity index (χ0v) is 53.2. The highest BCUT2D eigenvalue weighted by Crippen LogP contribution is 2.41.